The van der Waals surface area contributed by atoms with Crippen LogP contribution in [0.2, 0.25) is 0 Å². The van der Waals surface area contributed by atoms with Gasteiger partial charge in [0, 0.05) is 12.1 Å². The summed E-state index contributed by atoms with van der Waals surface area (Å²) in [7, 11) is 0. The lowest BCUT2D eigenvalue weighted by Gasteiger charge is -2.45. The molecule has 2 unspecified atom stereocenters. The molecule has 0 radical (unpaired) electrons. The number of nitrogens with zero attached hydrogens (tertiary/aromatic N) is 1. The summed E-state index contributed by atoms with van der Waals surface area (Å²) in [5.41, 5.74) is -0.710. The highest BCUT2D eigenvalue weighted by molar-refractivity contribution is 5.79. The van der Waals surface area contributed by atoms with E-state index in [4.69, 9.17) is 0 Å². The second-order valence-corrected chi connectivity index (χ2v) is 7.32. The smallest absolute Gasteiger partial charge is 0.323 e. The maximum Gasteiger partial charge on any atom is 0.323 e. The molecule has 2 fully saturated rings. The molecule has 21 heavy (non-hydrogen) atoms. The Balaban J connectivity index is 2.00. The van der Waals surface area contributed by atoms with E-state index < -0.39 is 11.5 Å². The van der Waals surface area contributed by atoms with Crippen LogP contribution in [0.3, 0.4) is 0 Å². The van der Waals surface area contributed by atoms with E-state index in [1.807, 2.05) is 13.8 Å². The number of carbonyl (C=O) groups is 1. The molecule has 1 aliphatic heterocycles. The molecule has 0 bridgehead atoms. The van der Waals surface area contributed by atoms with E-state index in [0.29, 0.717) is 6.04 Å². The van der Waals surface area contributed by atoms with Crippen LogP contribution >= 0.6 is 0 Å². The van der Waals surface area contributed by atoms with Gasteiger partial charge in [-0.15, -0.1) is 0 Å². The average Bonchev–Trinajstić information content (AvgIpc) is 2.47. The zero-order chi connectivity index (χ0) is 15.5. The van der Waals surface area contributed by atoms with Crippen LogP contribution in [0.25, 0.3) is 0 Å². The predicted octanol–water partition coefficient (Wildman–Crippen LogP) is 2.87. The van der Waals surface area contributed by atoms with E-state index in [1.165, 1.54) is 19.3 Å². The van der Waals surface area contributed by atoms with E-state index in [-0.39, 0.29) is 6.04 Å². The minimum Gasteiger partial charge on any atom is -0.480 e. The summed E-state index contributed by atoms with van der Waals surface area (Å²) in [4.78, 5) is 14.4. The summed E-state index contributed by atoms with van der Waals surface area (Å²) in [6.45, 7) is 8.67. The summed E-state index contributed by atoms with van der Waals surface area (Å²) >= 11 is 0. The average molecular weight is 296 g/mol. The number of hydrogen-bond donors (Lipinski definition) is 2. The number of aliphatic carboxylic acids is 1. The fourth-order valence-electron chi connectivity index (χ4n) is 4.22. The maximum absolute atomic E-state index is 11.9. The zero-order valence-electron chi connectivity index (χ0n) is 13.9. The molecule has 4 heteroatoms. The molecule has 0 aromatic rings. The molecule has 2 N–H and O–H groups in total. The molecule has 2 aliphatic rings. The van der Waals surface area contributed by atoms with Crippen molar-refractivity contribution in [3.8, 4) is 0 Å². The van der Waals surface area contributed by atoms with Crippen molar-refractivity contribution in [3.05, 3.63) is 0 Å². The number of likely N-dealkylation sites (tertiary alicyclic amines) is 1. The summed E-state index contributed by atoms with van der Waals surface area (Å²) in [6.07, 6.45) is 7.55. The Hall–Kier alpha value is -0.610. The van der Waals surface area contributed by atoms with E-state index in [1.54, 1.807) is 0 Å². The van der Waals surface area contributed by atoms with E-state index in [0.717, 1.165) is 44.7 Å². The van der Waals surface area contributed by atoms with Crippen molar-refractivity contribution in [3.63, 3.8) is 0 Å². The van der Waals surface area contributed by atoms with Gasteiger partial charge in [0.05, 0.1) is 0 Å². The first-order valence-corrected chi connectivity index (χ1v) is 8.72. The van der Waals surface area contributed by atoms with Crippen LogP contribution in [0.4, 0.5) is 0 Å². The van der Waals surface area contributed by atoms with Crippen LogP contribution in [0.15, 0.2) is 0 Å². The Kier molecular flexibility index (Phi) is 5.67. The first-order chi connectivity index (χ1) is 9.97. The molecule has 0 amide bonds. The van der Waals surface area contributed by atoms with Gasteiger partial charge in [0.15, 0.2) is 0 Å². The monoisotopic (exact) mass is 296 g/mol. The SMILES string of the molecule is CCC1CCN(C2CCCC(NC(C)C)(C(=O)O)C2)CC1. The fraction of sp³-hybridized carbons (Fsp3) is 0.941. The van der Waals surface area contributed by atoms with Crippen molar-refractivity contribution in [2.24, 2.45) is 5.92 Å². The van der Waals surface area contributed by atoms with Crippen LogP contribution < -0.4 is 5.32 Å². The Morgan fingerprint density at radius 3 is 2.52 bits per heavy atom. The molecule has 1 saturated heterocycles. The molecule has 0 aromatic carbocycles. The highest BCUT2D eigenvalue weighted by atomic mass is 16.4. The summed E-state index contributed by atoms with van der Waals surface area (Å²) in [5.74, 6) is 0.215. The van der Waals surface area contributed by atoms with Crippen molar-refractivity contribution in [2.45, 2.75) is 83.3 Å². The molecule has 122 valence electrons. The number of piperidine rings is 1. The number of carboxylic acids is 1. The van der Waals surface area contributed by atoms with Crippen LogP contribution in [0, 0.1) is 5.92 Å². The Morgan fingerprint density at radius 2 is 2.00 bits per heavy atom. The molecule has 2 rings (SSSR count). The molecule has 0 spiro atoms. The molecule has 1 saturated carbocycles. The van der Waals surface area contributed by atoms with E-state index in [9.17, 15) is 9.90 Å². The molecular formula is C17H32N2O2. The van der Waals surface area contributed by atoms with Gasteiger partial charge in [-0.3, -0.25) is 10.1 Å². The van der Waals surface area contributed by atoms with E-state index in [2.05, 4.69) is 17.1 Å². The lowest BCUT2D eigenvalue weighted by atomic mass is 9.77. The summed E-state index contributed by atoms with van der Waals surface area (Å²) in [6, 6.07) is 0.657. The first-order valence-electron chi connectivity index (χ1n) is 8.72. The topological polar surface area (TPSA) is 52.6 Å². The van der Waals surface area contributed by atoms with Gasteiger partial charge in [-0.05, 0) is 71.4 Å². The molecule has 4 nitrogen and oxygen atoms in total. The van der Waals surface area contributed by atoms with Crippen molar-refractivity contribution < 1.29 is 9.90 Å². The third-order valence-electron chi connectivity index (χ3n) is 5.44. The highest BCUT2D eigenvalue weighted by Crippen LogP contribution is 2.34. The second kappa shape index (κ2) is 7.10. The number of carboxylic acid groups (broad SMARTS) is 1. The Morgan fingerprint density at radius 1 is 1.33 bits per heavy atom. The molecule has 2 atom stereocenters. The highest BCUT2D eigenvalue weighted by Gasteiger charge is 2.44. The molecule has 1 aliphatic carbocycles. The van der Waals surface area contributed by atoms with Crippen LogP contribution in [0.5, 0.6) is 0 Å². The minimum absolute atomic E-state index is 0.214. The van der Waals surface area contributed by atoms with Crippen LogP contribution in [-0.4, -0.2) is 46.7 Å². The van der Waals surface area contributed by atoms with Crippen molar-refractivity contribution in [1.29, 1.82) is 0 Å². The third kappa shape index (κ3) is 3.98. The summed E-state index contributed by atoms with van der Waals surface area (Å²) < 4.78 is 0. The molecule has 1 heterocycles. The van der Waals surface area contributed by atoms with Crippen molar-refractivity contribution in [2.75, 3.05) is 13.1 Å². The standard InChI is InChI=1S/C17H32N2O2/c1-4-14-7-10-19(11-8-14)15-6-5-9-17(12-15,16(20)21)18-13(2)3/h13-15,18H,4-12H2,1-3H3,(H,20,21). The van der Waals surface area contributed by atoms with Gasteiger partial charge in [0.1, 0.15) is 5.54 Å². The largest absolute Gasteiger partial charge is 0.480 e. The summed E-state index contributed by atoms with van der Waals surface area (Å²) in [5, 5.41) is 13.1. The van der Waals surface area contributed by atoms with E-state index >= 15 is 0 Å². The van der Waals surface area contributed by atoms with Gasteiger partial charge < -0.3 is 10.0 Å². The maximum atomic E-state index is 11.9. The lowest BCUT2D eigenvalue weighted by Crippen LogP contribution is -2.60. The Labute approximate surface area is 129 Å². The van der Waals surface area contributed by atoms with Gasteiger partial charge >= 0.3 is 5.97 Å². The lowest BCUT2D eigenvalue weighted by molar-refractivity contribution is -0.148. The van der Waals surface area contributed by atoms with Gasteiger partial charge in [0.2, 0.25) is 0 Å². The van der Waals surface area contributed by atoms with Gasteiger partial charge in [-0.1, -0.05) is 13.3 Å². The number of rotatable bonds is 5. The Bertz CT molecular complexity index is 351. The van der Waals surface area contributed by atoms with Crippen LogP contribution in [0.1, 0.15) is 65.7 Å². The van der Waals surface area contributed by atoms with Crippen molar-refractivity contribution >= 4 is 5.97 Å². The van der Waals surface area contributed by atoms with Crippen molar-refractivity contribution in [1.82, 2.24) is 10.2 Å². The number of hydrogen-bond acceptors (Lipinski definition) is 3. The van der Waals surface area contributed by atoms with Gasteiger partial charge in [0.25, 0.3) is 0 Å². The fourth-order valence-corrected chi connectivity index (χ4v) is 4.22. The quantitative estimate of drug-likeness (QED) is 0.819. The molecular weight excluding hydrogens is 264 g/mol. The predicted molar refractivity (Wildman–Crippen MR) is 85.5 cm³/mol. The minimum atomic E-state index is -0.710. The third-order valence-corrected chi connectivity index (χ3v) is 5.44. The molecule has 0 aromatic heterocycles. The van der Waals surface area contributed by atoms with Crippen LogP contribution in [-0.2, 0) is 4.79 Å². The van der Waals surface area contributed by atoms with Gasteiger partial charge in [-0.25, -0.2) is 0 Å². The number of nitrogens with one attached hydrogen (secondary N) is 1. The zero-order valence-corrected chi connectivity index (χ0v) is 13.9. The van der Waals surface area contributed by atoms with Gasteiger partial charge in [-0.2, -0.15) is 0 Å². The second-order valence-electron chi connectivity index (χ2n) is 7.32. The first kappa shape index (κ1) is 16.8. The normalized spacial score (nSPS) is 32.5.